The summed E-state index contributed by atoms with van der Waals surface area (Å²) < 4.78 is 0. The lowest BCUT2D eigenvalue weighted by atomic mass is 9.99. The van der Waals surface area contributed by atoms with Crippen molar-refractivity contribution in [2.45, 2.75) is 13.3 Å². The van der Waals surface area contributed by atoms with E-state index in [0.717, 1.165) is 6.42 Å². The van der Waals surface area contributed by atoms with Crippen molar-refractivity contribution in [3.8, 4) is 0 Å². The van der Waals surface area contributed by atoms with E-state index in [1.165, 1.54) is 27.8 Å². The Hall–Kier alpha value is -1.82. The maximum atomic E-state index is 2.33. The third kappa shape index (κ3) is 1.47. The van der Waals surface area contributed by atoms with Crippen molar-refractivity contribution in [1.82, 2.24) is 0 Å². The van der Waals surface area contributed by atoms with Crippen LogP contribution in [-0.4, -0.2) is 0 Å². The van der Waals surface area contributed by atoms with Gasteiger partial charge in [0.1, 0.15) is 0 Å². The molecule has 0 N–H and O–H groups in total. The second-order valence-electron chi connectivity index (χ2n) is 4.35. The largest absolute Gasteiger partial charge is 0.0716 e. The van der Waals surface area contributed by atoms with Gasteiger partial charge in [-0.05, 0) is 35.6 Å². The van der Waals surface area contributed by atoms with Crippen LogP contribution in [0.25, 0.3) is 5.57 Å². The van der Waals surface area contributed by atoms with Gasteiger partial charge in [-0.25, -0.2) is 0 Å². The molecule has 0 amide bonds. The molecular formula is C16H14. The summed E-state index contributed by atoms with van der Waals surface area (Å²) in [5.41, 5.74) is 6.87. The van der Waals surface area contributed by atoms with Gasteiger partial charge in [-0.1, -0.05) is 60.2 Å². The average Bonchev–Trinajstić information content (AvgIpc) is 2.74. The van der Waals surface area contributed by atoms with Gasteiger partial charge in [-0.15, -0.1) is 0 Å². The highest BCUT2D eigenvalue weighted by molar-refractivity contribution is 5.84. The van der Waals surface area contributed by atoms with Crippen molar-refractivity contribution in [3.05, 3.63) is 76.9 Å². The first kappa shape index (κ1) is 9.41. The molecule has 1 aliphatic carbocycles. The summed E-state index contributed by atoms with van der Waals surface area (Å²) in [6, 6.07) is 17.4. The summed E-state index contributed by atoms with van der Waals surface area (Å²) >= 11 is 0. The van der Waals surface area contributed by atoms with Gasteiger partial charge in [0, 0.05) is 0 Å². The summed E-state index contributed by atoms with van der Waals surface area (Å²) in [7, 11) is 0. The molecule has 0 heterocycles. The molecule has 78 valence electrons. The highest BCUT2D eigenvalue weighted by Crippen LogP contribution is 2.32. The number of hydrogen-bond acceptors (Lipinski definition) is 0. The van der Waals surface area contributed by atoms with Crippen LogP contribution in [0.4, 0.5) is 0 Å². The second kappa shape index (κ2) is 3.64. The van der Waals surface area contributed by atoms with Crippen LogP contribution in [0.15, 0.2) is 54.6 Å². The third-order valence-corrected chi connectivity index (χ3v) is 3.20. The van der Waals surface area contributed by atoms with Gasteiger partial charge in [0.25, 0.3) is 0 Å². The molecule has 0 aliphatic heterocycles. The summed E-state index contributed by atoms with van der Waals surface area (Å²) in [6.07, 6.45) is 3.40. The highest BCUT2D eigenvalue weighted by Gasteiger charge is 2.13. The van der Waals surface area contributed by atoms with Gasteiger partial charge in [0.05, 0.1) is 0 Å². The van der Waals surface area contributed by atoms with Crippen LogP contribution in [0.2, 0.25) is 0 Å². The number of benzene rings is 2. The number of rotatable bonds is 1. The molecule has 0 radical (unpaired) electrons. The Balaban J connectivity index is 2.07. The number of aryl methyl sites for hydroxylation is 1. The zero-order valence-electron chi connectivity index (χ0n) is 9.40. The smallest absolute Gasteiger partial charge is 0.00819 e. The van der Waals surface area contributed by atoms with Gasteiger partial charge < -0.3 is 0 Å². The molecule has 0 spiro atoms. The molecule has 16 heavy (non-hydrogen) atoms. The van der Waals surface area contributed by atoms with Crippen LogP contribution >= 0.6 is 0 Å². The first-order chi connectivity index (χ1) is 7.84. The molecule has 0 heteroatoms. The quantitative estimate of drug-likeness (QED) is 0.662. The molecule has 0 fully saturated rings. The average molecular weight is 206 g/mol. The Labute approximate surface area is 96.3 Å². The maximum Gasteiger partial charge on any atom is -0.00819 e. The molecule has 0 nitrogen and oxygen atoms in total. The van der Waals surface area contributed by atoms with Crippen LogP contribution in [0, 0.1) is 6.92 Å². The van der Waals surface area contributed by atoms with Gasteiger partial charge >= 0.3 is 0 Å². The van der Waals surface area contributed by atoms with E-state index in [1.54, 1.807) is 0 Å². The Bertz CT molecular complexity index is 545. The van der Waals surface area contributed by atoms with Gasteiger partial charge in [0.15, 0.2) is 0 Å². The number of fused-ring (bicyclic) bond motifs is 1. The summed E-state index contributed by atoms with van der Waals surface area (Å²) in [4.78, 5) is 0. The van der Waals surface area contributed by atoms with Crippen molar-refractivity contribution in [2.75, 3.05) is 0 Å². The van der Waals surface area contributed by atoms with E-state index < -0.39 is 0 Å². The highest BCUT2D eigenvalue weighted by atomic mass is 14.2. The fourth-order valence-corrected chi connectivity index (χ4v) is 2.29. The lowest BCUT2D eigenvalue weighted by Crippen LogP contribution is -1.86. The minimum Gasteiger partial charge on any atom is -0.0716 e. The summed E-state index contributed by atoms with van der Waals surface area (Å²) in [6.45, 7) is 2.13. The predicted octanol–water partition coefficient (Wildman–Crippen LogP) is 3.98. The SMILES string of the molecule is Cc1ccc(C2=CCc3ccccc32)cc1. The fourth-order valence-electron chi connectivity index (χ4n) is 2.29. The van der Waals surface area contributed by atoms with Crippen molar-refractivity contribution < 1.29 is 0 Å². The van der Waals surface area contributed by atoms with Crippen molar-refractivity contribution in [3.63, 3.8) is 0 Å². The number of hydrogen-bond donors (Lipinski definition) is 0. The van der Waals surface area contributed by atoms with E-state index in [9.17, 15) is 0 Å². The van der Waals surface area contributed by atoms with Crippen LogP contribution < -0.4 is 0 Å². The zero-order chi connectivity index (χ0) is 11.0. The van der Waals surface area contributed by atoms with E-state index in [2.05, 4.69) is 61.5 Å². The van der Waals surface area contributed by atoms with Crippen molar-refractivity contribution in [2.24, 2.45) is 0 Å². The van der Waals surface area contributed by atoms with Crippen molar-refractivity contribution >= 4 is 5.57 Å². The van der Waals surface area contributed by atoms with Gasteiger partial charge in [-0.2, -0.15) is 0 Å². The van der Waals surface area contributed by atoms with Crippen LogP contribution in [0.5, 0.6) is 0 Å². The molecule has 0 saturated carbocycles. The lowest BCUT2D eigenvalue weighted by molar-refractivity contribution is 1.31. The Morgan fingerprint density at radius 3 is 2.44 bits per heavy atom. The predicted molar refractivity (Wildman–Crippen MR) is 68.4 cm³/mol. The summed E-state index contributed by atoms with van der Waals surface area (Å²) in [5, 5.41) is 0. The van der Waals surface area contributed by atoms with Crippen LogP contribution in [-0.2, 0) is 6.42 Å². The molecule has 2 aromatic carbocycles. The molecular weight excluding hydrogens is 192 g/mol. The standard InChI is InChI=1S/C16H14/c1-12-6-8-14(9-7-12)16-11-10-13-4-2-3-5-15(13)16/h2-9,11H,10H2,1H3. The molecule has 3 rings (SSSR count). The normalized spacial score (nSPS) is 13.4. The maximum absolute atomic E-state index is 2.33. The minimum absolute atomic E-state index is 1.07. The third-order valence-electron chi connectivity index (χ3n) is 3.20. The van der Waals surface area contributed by atoms with E-state index >= 15 is 0 Å². The molecule has 0 bridgehead atoms. The van der Waals surface area contributed by atoms with E-state index in [4.69, 9.17) is 0 Å². The fraction of sp³-hybridized carbons (Fsp3) is 0.125. The minimum atomic E-state index is 1.07. The zero-order valence-corrected chi connectivity index (χ0v) is 9.40. The lowest BCUT2D eigenvalue weighted by Gasteiger charge is -2.06. The second-order valence-corrected chi connectivity index (χ2v) is 4.35. The monoisotopic (exact) mass is 206 g/mol. The molecule has 0 atom stereocenters. The Morgan fingerprint density at radius 1 is 0.875 bits per heavy atom. The Morgan fingerprint density at radius 2 is 1.62 bits per heavy atom. The molecule has 0 aromatic heterocycles. The van der Waals surface area contributed by atoms with E-state index in [-0.39, 0.29) is 0 Å². The first-order valence-corrected chi connectivity index (χ1v) is 5.70. The Kier molecular flexibility index (Phi) is 2.14. The van der Waals surface area contributed by atoms with E-state index in [1.807, 2.05) is 0 Å². The first-order valence-electron chi connectivity index (χ1n) is 5.70. The van der Waals surface area contributed by atoms with Crippen LogP contribution in [0.1, 0.15) is 22.3 Å². The molecule has 2 aromatic rings. The number of allylic oxidation sites excluding steroid dienone is 1. The molecule has 0 saturated heterocycles. The van der Waals surface area contributed by atoms with E-state index in [0.29, 0.717) is 0 Å². The topological polar surface area (TPSA) is 0 Å². The van der Waals surface area contributed by atoms with Crippen molar-refractivity contribution in [1.29, 1.82) is 0 Å². The molecule has 1 aliphatic rings. The van der Waals surface area contributed by atoms with Gasteiger partial charge in [0.2, 0.25) is 0 Å². The van der Waals surface area contributed by atoms with Gasteiger partial charge in [-0.3, -0.25) is 0 Å². The van der Waals surface area contributed by atoms with Crippen LogP contribution in [0.3, 0.4) is 0 Å². The molecule has 0 unspecified atom stereocenters. The summed E-state index contributed by atoms with van der Waals surface area (Å²) in [5.74, 6) is 0.